The Labute approximate surface area is 25.6 Å². The monoisotopic (exact) mass is 76.0 g/mol. The van der Waals surface area contributed by atoms with Crippen molar-refractivity contribution in [2.45, 2.75) is 0 Å². The normalized spacial score (nSPS) is 5.25. The average molecular weight is 76.1 g/mol. The van der Waals surface area contributed by atoms with Crippen molar-refractivity contribution < 1.29 is 9.67 Å². The molecule has 0 saturated carbocycles. The molecule has 0 amide bonds. The molecular weight excluding hydrogens is 74.1 g/mol. The molecule has 4 heavy (non-hydrogen) atoms. The lowest BCUT2D eigenvalue weighted by Crippen LogP contribution is -2.02. The summed E-state index contributed by atoms with van der Waals surface area (Å²) < 4.78 is 8.97. The number of hydrogen-bond donors (Lipinski definition) is 2. The van der Waals surface area contributed by atoms with Crippen LogP contribution in [0.2, 0.25) is 0 Å². The fourth-order valence-corrected chi connectivity index (χ4v) is 0. The van der Waals surface area contributed by atoms with E-state index in [9.17, 15) is 0 Å². The Bertz CT molecular complexity index is 20.0. The second-order valence-electron chi connectivity index (χ2n) is 0.214. The summed E-state index contributed by atoms with van der Waals surface area (Å²) in [4.78, 5) is 0. The van der Waals surface area contributed by atoms with E-state index in [1.807, 2.05) is 0 Å². The van der Waals surface area contributed by atoms with E-state index in [2.05, 4.69) is 0 Å². The topological polar surface area (TPSA) is 49.3 Å². The Kier molecular flexibility index (Phi) is 2.62. The van der Waals surface area contributed by atoms with Crippen LogP contribution < -0.4 is 5.15 Å². The van der Waals surface area contributed by atoms with E-state index < -0.39 is 9.57 Å². The summed E-state index contributed by atoms with van der Waals surface area (Å²) in [6.07, 6.45) is 0. The van der Waals surface area contributed by atoms with Crippen LogP contribution in [0.4, 0.5) is 0 Å². The zero-order valence-electron chi connectivity index (χ0n) is 1.86. The van der Waals surface area contributed by atoms with Crippen LogP contribution in [-0.4, -0.2) is 14.8 Å². The third-order valence-electron chi connectivity index (χ3n) is 0.0456. The lowest BCUT2D eigenvalue weighted by Gasteiger charge is -1.61. The van der Waals surface area contributed by atoms with E-state index in [4.69, 9.17) is 9.67 Å². The Morgan fingerprint density at radius 2 is 2.25 bits per heavy atom. The zero-order chi connectivity index (χ0) is 3.41. The van der Waals surface area contributed by atoms with Gasteiger partial charge in [-0.05, 0) is 0 Å². The van der Waals surface area contributed by atoms with E-state index in [1.54, 1.807) is 0 Å². The van der Waals surface area contributed by atoms with Crippen molar-refractivity contribution in [3.63, 3.8) is 0 Å². The molecule has 2 N–H and O–H groups in total. The maximum atomic E-state index is 8.97. The van der Waals surface area contributed by atoms with Gasteiger partial charge in [-0.15, -0.1) is 0 Å². The summed E-state index contributed by atoms with van der Waals surface area (Å²) in [5, 5.41) is 8.73. The molecule has 0 fully saturated rings. The van der Waals surface area contributed by atoms with Crippen LogP contribution >= 0.6 is 0 Å². The summed E-state index contributed by atoms with van der Waals surface area (Å²) >= 11 is 0. The quantitative estimate of drug-likeness (QED) is 0.309. The van der Waals surface area contributed by atoms with Gasteiger partial charge >= 0.3 is 9.57 Å². The predicted molar refractivity (Wildman–Crippen MR) is 11.4 cm³/mol. The predicted octanol–water partition coefficient (Wildman–Crippen LogP) is -1.07. The lowest BCUT2D eigenvalue weighted by molar-refractivity contribution is 0.238. The highest BCUT2D eigenvalue weighted by Gasteiger charge is 1.54. The van der Waals surface area contributed by atoms with Crippen LogP contribution in [0.25, 0.3) is 0 Å². The molecule has 0 bridgehead atoms. The molecule has 0 spiro atoms. The molecule has 3 nitrogen and oxygen atoms in total. The minimum absolute atomic E-state index is 0.804. The van der Waals surface area contributed by atoms with Gasteiger partial charge < -0.3 is 4.46 Å². The summed E-state index contributed by atoms with van der Waals surface area (Å²) in [7, 11) is -0.804. The van der Waals surface area contributed by atoms with E-state index in [0.29, 0.717) is 0 Å². The van der Waals surface area contributed by atoms with E-state index in [1.165, 1.54) is 5.15 Å². The highest BCUT2D eigenvalue weighted by Crippen LogP contribution is 1.05. The van der Waals surface area contributed by atoms with Gasteiger partial charge in [-0.3, -0.25) is 10.4 Å². The van der Waals surface area contributed by atoms with Crippen molar-refractivity contribution in [2.75, 3.05) is 0 Å². The lowest BCUT2D eigenvalue weighted by atomic mass is 13.5. The van der Waals surface area contributed by atoms with Crippen LogP contribution in [0, 0.1) is 0 Å². The maximum absolute atomic E-state index is 8.97. The molecule has 0 unspecified atom stereocenters. The SMILES string of the molecule is O=[Si]NO. The van der Waals surface area contributed by atoms with Gasteiger partial charge in [0.25, 0.3) is 0 Å². The first-order valence-corrected chi connectivity index (χ1v) is 1.59. The Hall–Kier alpha value is -0.223. The van der Waals surface area contributed by atoms with E-state index in [-0.39, 0.29) is 0 Å². The van der Waals surface area contributed by atoms with Crippen LogP contribution in [0.5, 0.6) is 0 Å². The van der Waals surface area contributed by atoms with Crippen molar-refractivity contribution in [1.29, 1.82) is 0 Å². The van der Waals surface area contributed by atoms with Crippen molar-refractivity contribution in [2.24, 2.45) is 0 Å². The fourth-order valence-electron chi connectivity index (χ4n) is 0. The van der Waals surface area contributed by atoms with Gasteiger partial charge in [0.2, 0.25) is 0 Å². The zero-order valence-corrected chi connectivity index (χ0v) is 2.86. The standard InChI is InChI=1S/H2NO2Si/c2-1-4-3/h1-2H. The summed E-state index contributed by atoms with van der Waals surface area (Å²) in [6, 6.07) is 0. The van der Waals surface area contributed by atoms with Crippen LogP contribution in [0.3, 0.4) is 0 Å². The van der Waals surface area contributed by atoms with Crippen LogP contribution in [-0.2, 0) is 4.46 Å². The molecule has 0 aliphatic heterocycles. The number of nitrogens with one attached hydrogen (secondary N) is 1. The minimum atomic E-state index is -0.804. The highest BCUT2D eigenvalue weighted by molar-refractivity contribution is 6.11. The fraction of sp³-hybridized carbons (Fsp3) is 0. The van der Waals surface area contributed by atoms with Crippen LogP contribution in [0.15, 0.2) is 0 Å². The number of rotatable bonds is 1. The first-order chi connectivity index (χ1) is 1.91. The van der Waals surface area contributed by atoms with E-state index in [0.717, 1.165) is 0 Å². The maximum Gasteiger partial charge on any atom is 0.489 e. The molecular formula is H2NO2Si. The molecule has 0 saturated heterocycles. The summed E-state index contributed by atoms with van der Waals surface area (Å²) in [5.41, 5.74) is 0. The van der Waals surface area contributed by atoms with Crippen LogP contribution in [0.1, 0.15) is 0 Å². The first-order valence-electron chi connectivity index (χ1n) is 0.678. The van der Waals surface area contributed by atoms with Crippen molar-refractivity contribution in [3.8, 4) is 0 Å². The smallest absolute Gasteiger partial charge is 0.352 e. The Morgan fingerprint density at radius 3 is 2.25 bits per heavy atom. The molecule has 0 aliphatic rings. The van der Waals surface area contributed by atoms with Gasteiger partial charge in [-0.25, -0.2) is 0 Å². The van der Waals surface area contributed by atoms with E-state index >= 15 is 0 Å². The third-order valence-corrected chi connectivity index (χ3v) is 0.137. The van der Waals surface area contributed by atoms with Gasteiger partial charge in [-0.2, -0.15) is 0 Å². The van der Waals surface area contributed by atoms with Gasteiger partial charge in [-0.1, -0.05) is 0 Å². The molecule has 0 atom stereocenters. The van der Waals surface area contributed by atoms with Gasteiger partial charge in [0.05, 0.1) is 0 Å². The molecule has 4 heteroatoms. The molecule has 1 radical (unpaired) electrons. The average Bonchev–Trinajstić information content (AvgIpc) is 1.37. The largest absolute Gasteiger partial charge is 0.489 e. The van der Waals surface area contributed by atoms with Gasteiger partial charge in [0, 0.05) is 0 Å². The molecule has 0 aromatic heterocycles. The first kappa shape index (κ1) is 3.78. The molecule has 0 aromatic rings. The van der Waals surface area contributed by atoms with Crippen molar-refractivity contribution in [1.82, 2.24) is 5.15 Å². The molecule has 0 aromatic carbocycles. The second kappa shape index (κ2) is 2.78. The minimum Gasteiger partial charge on any atom is -0.352 e. The highest BCUT2D eigenvalue weighted by atomic mass is 28.2. The molecule has 23 valence electrons. The third kappa shape index (κ3) is 1.78. The van der Waals surface area contributed by atoms with Crippen molar-refractivity contribution in [3.05, 3.63) is 0 Å². The Balaban J connectivity index is 2.30. The van der Waals surface area contributed by atoms with Gasteiger partial charge in [0.15, 0.2) is 0 Å². The molecule has 0 heterocycles. The van der Waals surface area contributed by atoms with Crippen molar-refractivity contribution >= 4 is 9.57 Å². The summed E-state index contributed by atoms with van der Waals surface area (Å²) in [6.45, 7) is 0. The second-order valence-corrected chi connectivity index (χ2v) is 0.642. The Morgan fingerprint density at radius 1 is 2.00 bits per heavy atom. The van der Waals surface area contributed by atoms with Gasteiger partial charge in [0.1, 0.15) is 0 Å². The molecule has 0 rings (SSSR count). The number of hydrogen-bond acceptors (Lipinski definition) is 2. The summed E-state index contributed by atoms with van der Waals surface area (Å²) in [5.74, 6) is 0. The molecule has 0 aliphatic carbocycles.